The predicted molar refractivity (Wildman–Crippen MR) is 28.4 cm³/mol. The van der Waals surface area contributed by atoms with Gasteiger partial charge in [0.1, 0.15) is 0 Å². The Bertz CT molecular complexity index is 104. The first-order valence-electron chi connectivity index (χ1n) is 2.30. The molecule has 4 heteroatoms. The van der Waals surface area contributed by atoms with Crippen molar-refractivity contribution < 1.29 is 4.79 Å². The van der Waals surface area contributed by atoms with Crippen LogP contribution in [0.15, 0.2) is 12.4 Å². The van der Waals surface area contributed by atoms with Crippen molar-refractivity contribution in [1.82, 2.24) is 16.0 Å². The van der Waals surface area contributed by atoms with E-state index in [1.54, 1.807) is 12.4 Å². The molecule has 1 heterocycles. The fourth-order valence-corrected chi connectivity index (χ4v) is 0.501. The molecule has 8 heavy (non-hydrogen) atoms. The summed E-state index contributed by atoms with van der Waals surface area (Å²) >= 11 is 0. The highest BCUT2D eigenvalue weighted by Gasteiger charge is 2.02. The summed E-state index contributed by atoms with van der Waals surface area (Å²) in [6, 6.07) is 0. The van der Waals surface area contributed by atoms with Gasteiger partial charge in [0.2, 0.25) is 6.41 Å². The van der Waals surface area contributed by atoms with E-state index in [2.05, 4.69) is 16.0 Å². The molecule has 0 spiro atoms. The second kappa shape index (κ2) is 2.20. The maximum Gasteiger partial charge on any atom is 0.210 e. The first-order valence-corrected chi connectivity index (χ1v) is 2.30. The van der Waals surface area contributed by atoms with E-state index in [-0.39, 0.29) is 6.29 Å². The lowest BCUT2D eigenvalue weighted by molar-refractivity contribution is -0.110. The van der Waals surface area contributed by atoms with Crippen LogP contribution >= 0.6 is 0 Å². The summed E-state index contributed by atoms with van der Waals surface area (Å²) in [6.45, 7) is 0. The van der Waals surface area contributed by atoms with E-state index in [0.717, 1.165) is 0 Å². The molecule has 1 aliphatic rings. The Morgan fingerprint density at radius 2 is 2.12 bits per heavy atom. The highest BCUT2D eigenvalue weighted by atomic mass is 16.1. The van der Waals surface area contributed by atoms with Crippen molar-refractivity contribution in [3.8, 4) is 0 Å². The van der Waals surface area contributed by atoms with Gasteiger partial charge in [-0.15, -0.1) is 0 Å². The molecule has 0 radical (unpaired) electrons. The fourth-order valence-electron chi connectivity index (χ4n) is 0.501. The molecule has 1 rings (SSSR count). The second-order valence-electron chi connectivity index (χ2n) is 1.38. The maximum absolute atomic E-state index is 9.74. The lowest BCUT2D eigenvalue weighted by Crippen LogP contribution is -2.44. The maximum atomic E-state index is 9.74. The minimum absolute atomic E-state index is 0.118. The lowest BCUT2D eigenvalue weighted by atomic mass is 10.8. The molecule has 0 saturated carbocycles. The van der Waals surface area contributed by atoms with Gasteiger partial charge in [-0.05, 0) is 0 Å². The molecule has 3 N–H and O–H groups in total. The number of nitrogens with one attached hydrogen (secondary N) is 3. The van der Waals surface area contributed by atoms with Crippen molar-refractivity contribution in [1.29, 1.82) is 0 Å². The zero-order chi connectivity index (χ0) is 5.82. The largest absolute Gasteiger partial charge is 0.353 e. The molecule has 0 fully saturated rings. The zero-order valence-corrected chi connectivity index (χ0v) is 4.22. The van der Waals surface area contributed by atoms with Crippen LogP contribution in [0.3, 0.4) is 0 Å². The smallest absolute Gasteiger partial charge is 0.210 e. The quantitative estimate of drug-likeness (QED) is 0.389. The highest BCUT2D eigenvalue weighted by molar-refractivity contribution is 5.46. The Balaban J connectivity index is 2.19. The Morgan fingerprint density at radius 1 is 1.50 bits per heavy atom. The number of amides is 1. The Hall–Kier alpha value is -1.19. The van der Waals surface area contributed by atoms with Crippen molar-refractivity contribution in [3.63, 3.8) is 0 Å². The van der Waals surface area contributed by atoms with Crippen LogP contribution in [0.2, 0.25) is 0 Å². The van der Waals surface area contributed by atoms with Gasteiger partial charge in [-0.2, -0.15) is 0 Å². The van der Waals surface area contributed by atoms with Crippen molar-refractivity contribution in [2.24, 2.45) is 0 Å². The fraction of sp³-hybridized carbons (Fsp3) is 0.250. The normalized spacial score (nSPS) is 17.0. The van der Waals surface area contributed by atoms with Gasteiger partial charge in [-0.1, -0.05) is 0 Å². The molecule has 0 saturated heterocycles. The molecule has 0 aromatic heterocycles. The average Bonchev–Trinajstić information content (AvgIpc) is 2.19. The molecule has 0 bridgehead atoms. The third kappa shape index (κ3) is 0.900. The second-order valence-corrected chi connectivity index (χ2v) is 1.38. The van der Waals surface area contributed by atoms with Crippen LogP contribution in [-0.2, 0) is 4.79 Å². The van der Waals surface area contributed by atoms with Gasteiger partial charge in [-0.3, -0.25) is 4.79 Å². The summed E-state index contributed by atoms with van der Waals surface area (Å²) in [6.07, 6.45) is 3.97. The van der Waals surface area contributed by atoms with Gasteiger partial charge in [0, 0.05) is 12.4 Å². The van der Waals surface area contributed by atoms with Crippen molar-refractivity contribution in [2.75, 3.05) is 0 Å². The van der Waals surface area contributed by atoms with E-state index in [0.29, 0.717) is 6.41 Å². The van der Waals surface area contributed by atoms with Crippen LogP contribution in [0.5, 0.6) is 0 Å². The minimum Gasteiger partial charge on any atom is -0.353 e. The monoisotopic (exact) mass is 113 g/mol. The first kappa shape index (κ1) is 4.96. The van der Waals surface area contributed by atoms with Gasteiger partial charge < -0.3 is 16.0 Å². The first-order chi connectivity index (χ1) is 3.93. The van der Waals surface area contributed by atoms with Crippen molar-refractivity contribution in [2.45, 2.75) is 6.29 Å². The van der Waals surface area contributed by atoms with Crippen LogP contribution < -0.4 is 16.0 Å². The molecule has 0 atom stereocenters. The standard InChI is InChI=1S/C4H7N3O/c8-3-7-4-5-1-2-6-4/h1-6H,(H,7,8). The van der Waals surface area contributed by atoms with Crippen LogP contribution in [0.25, 0.3) is 0 Å². The van der Waals surface area contributed by atoms with Crippen LogP contribution in [0, 0.1) is 0 Å². The molecule has 0 aliphatic carbocycles. The van der Waals surface area contributed by atoms with E-state index in [4.69, 9.17) is 0 Å². The predicted octanol–water partition coefficient (Wildman–Crippen LogP) is -1.32. The summed E-state index contributed by atoms with van der Waals surface area (Å²) in [7, 11) is 0. The third-order valence-corrected chi connectivity index (χ3v) is 0.844. The SMILES string of the molecule is O=CNC1NC=CN1. The number of carbonyl (C=O) groups is 1. The molecule has 0 aromatic rings. The zero-order valence-electron chi connectivity index (χ0n) is 4.22. The van der Waals surface area contributed by atoms with E-state index in [1.807, 2.05) is 0 Å². The van der Waals surface area contributed by atoms with Crippen molar-refractivity contribution >= 4 is 6.41 Å². The van der Waals surface area contributed by atoms with Gasteiger partial charge >= 0.3 is 0 Å². The number of rotatable bonds is 2. The van der Waals surface area contributed by atoms with Crippen LogP contribution in [0.4, 0.5) is 0 Å². The molecule has 1 amide bonds. The summed E-state index contributed by atoms with van der Waals surface area (Å²) in [4.78, 5) is 9.74. The Morgan fingerprint density at radius 3 is 2.62 bits per heavy atom. The molecule has 0 aromatic carbocycles. The lowest BCUT2D eigenvalue weighted by Gasteiger charge is -2.08. The van der Waals surface area contributed by atoms with Gasteiger partial charge in [0.15, 0.2) is 6.29 Å². The van der Waals surface area contributed by atoms with Crippen LogP contribution in [-0.4, -0.2) is 12.7 Å². The van der Waals surface area contributed by atoms with E-state index in [9.17, 15) is 4.79 Å². The molecule has 0 unspecified atom stereocenters. The van der Waals surface area contributed by atoms with Gasteiger partial charge in [-0.25, -0.2) is 0 Å². The summed E-state index contributed by atoms with van der Waals surface area (Å²) in [5.41, 5.74) is 0. The topological polar surface area (TPSA) is 53.2 Å². The summed E-state index contributed by atoms with van der Waals surface area (Å²) in [5, 5.41) is 8.13. The molecule has 1 aliphatic heterocycles. The third-order valence-electron chi connectivity index (χ3n) is 0.844. The summed E-state index contributed by atoms with van der Waals surface area (Å²) < 4.78 is 0. The Kier molecular flexibility index (Phi) is 1.37. The summed E-state index contributed by atoms with van der Waals surface area (Å²) in [5.74, 6) is 0. The molecular formula is C4H7N3O. The van der Waals surface area contributed by atoms with E-state index >= 15 is 0 Å². The Labute approximate surface area is 46.9 Å². The number of carbonyl (C=O) groups excluding carboxylic acids is 1. The van der Waals surface area contributed by atoms with Gasteiger partial charge in [0.05, 0.1) is 0 Å². The number of hydrogen-bond donors (Lipinski definition) is 3. The van der Waals surface area contributed by atoms with E-state index in [1.165, 1.54) is 0 Å². The van der Waals surface area contributed by atoms with Gasteiger partial charge in [0.25, 0.3) is 0 Å². The molecular weight excluding hydrogens is 106 g/mol. The average molecular weight is 113 g/mol. The molecule has 44 valence electrons. The van der Waals surface area contributed by atoms with Crippen LogP contribution in [0.1, 0.15) is 0 Å². The number of hydrogen-bond acceptors (Lipinski definition) is 3. The van der Waals surface area contributed by atoms with E-state index < -0.39 is 0 Å². The highest BCUT2D eigenvalue weighted by Crippen LogP contribution is 1.77. The minimum atomic E-state index is -0.118. The molecule has 4 nitrogen and oxygen atoms in total. The van der Waals surface area contributed by atoms with Crippen molar-refractivity contribution in [3.05, 3.63) is 12.4 Å².